The number of aryl methyl sites for hydroxylation is 1. The summed E-state index contributed by atoms with van der Waals surface area (Å²) in [4.78, 5) is 11.7. The maximum atomic E-state index is 11.7. The van der Waals surface area contributed by atoms with Crippen LogP contribution in [-0.4, -0.2) is 21.6 Å². The molecule has 0 spiro atoms. The summed E-state index contributed by atoms with van der Waals surface area (Å²) in [7, 11) is 0. The third-order valence-corrected chi connectivity index (χ3v) is 3.56. The van der Waals surface area contributed by atoms with Gasteiger partial charge in [0.2, 0.25) is 5.91 Å². The van der Waals surface area contributed by atoms with Crippen molar-refractivity contribution in [3.8, 4) is 0 Å². The van der Waals surface area contributed by atoms with Gasteiger partial charge in [-0.1, -0.05) is 18.2 Å². The Labute approximate surface area is 112 Å². The molecule has 2 aromatic rings. The lowest BCUT2D eigenvalue weighted by atomic mass is 10.1. The quantitative estimate of drug-likeness (QED) is 0.859. The molecule has 3 rings (SSSR count). The lowest BCUT2D eigenvalue weighted by Gasteiger charge is -2.08. The first kappa shape index (κ1) is 12.2. The van der Waals surface area contributed by atoms with Crippen LogP contribution in [-0.2, 0) is 17.9 Å². The van der Waals surface area contributed by atoms with E-state index < -0.39 is 0 Å². The van der Waals surface area contributed by atoms with E-state index in [0.717, 1.165) is 29.3 Å². The number of rotatable bonds is 5. The highest BCUT2D eigenvalue weighted by molar-refractivity contribution is 5.83. The van der Waals surface area contributed by atoms with Crippen LogP contribution in [0.25, 0.3) is 10.9 Å². The van der Waals surface area contributed by atoms with E-state index >= 15 is 0 Å². The molecule has 4 heteroatoms. The Balaban J connectivity index is 1.74. The summed E-state index contributed by atoms with van der Waals surface area (Å²) in [6, 6.07) is 8.32. The predicted octanol–water partition coefficient (Wildman–Crippen LogP) is 1.80. The third-order valence-electron chi connectivity index (χ3n) is 3.56. The topological polar surface area (TPSA) is 54.3 Å². The molecule has 100 valence electrons. The lowest BCUT2D eigenvalue weighted by molar-refractivity contribution is -0.121. The molecule has 4 nitrogen and oxygen atoms in total. The van der Waals surface area contributed by atoms with Gasteiger partial charge in [0.15, 0.2) is 0 Å². The Morgan fingerprint density at radius 3 is 2.95 bits per heavy atom. The van der Waals surface area contributed by atoms with E-state index in [2.05, 4.69) is 5.32 Å². The zero-order chi connectivity index (χ0) is 13.2. The van der Waals surface area contributed by atoms with Crippen LogP contribution < -0.4 is 5.32 Å². The van der Waals surface area contributed by atoms with E-state index in [-0.39, 0.29) is 12.5 Å². The largest absolute Gasteiger partial charge is 0.392 e. The van der Waals surface area contributed by atoms with Gasteiger partial charge in [-0.3, -0.25) is 4.79 Å². The number of nitrogens with zero attached hydrogens (tertiary/aromatic N) is 1. The van der Waals surface area contributed by atoms with Crippen molar-refractivity contribution < 1.29 is 9.90 Å². The van der Waals surface area contributed by atoms with Crippen LogP contribution in [0.2, 0.25) is 0 Å². The number of aromatic nitrogens is 1. The standard InChI is InChI=1S/C15H18N2O2/c18-10-12-3-1-2-11-6-8-17(15(11)12)9-7-14(19)16-13-4-5-13/h1-3,6,8,13,18H,4-5,7,9-10H2,(H,16,19). The number of carbonyl (C=O) groups excluding carboxylic acids is 1. The van der Waals surface area contributed by atoms with Gasteiger partial charge in [0.05, 0.1) is 12.1 Å². The third kappa shape index (κ3) is 2.63. The second kappa shape index (κ2) is 5.05. The second-order valence-corrected chi connectivity index (χ2v) is 5.11. The van der Waals surface area contributed by atoms with Crippen LogP contribution in [0.15, 0.2) is 30.5 Å². The number of hydrogen-bond donors (Lipinski definition) is 2. The van der Waals surface area contributed by atoms with Crippen molar-refractivity contribution in [2.75, 3.05) is 0 Å². The number of aliphatic hydroxyl groups is 1. The molecule has 0 saturated heterocycles. The Kier molecular flexibility index (Phi) is 3.25. The first-order valence-electron chi connectivity index (χ1n) is 6.75. The maximum absolute atomic E-state index is 11.7. The van der Waals surface area contributed by atoms with E-state index in [1.54, 1.807) is 0 Å². The zero-order valence-corrected chi connectivity index (χ0v) is 10.8. The fourth-order valence-corrected chi connectivity index (χ4v) is 2.40. The number of amides is 1. The van der Waals surface area contributed by atoms with Crippen LogP contribution in [0.4, 0.5) is 0 Å². The molecule has 0 unspecified atom stereocenters. The summed E-state index contributed by atoms with van der Waals surface area (Å²) in [6.07, 6.45) is 4.70. The number of hydrogen-bond acceptors (Lipinski definition) is 2. The number of benzene rings is 1. The highest BCUT2D eigenvalue weighted by atomic mass is 16.3. The van der Waals surface area contributed by atoms with E-state index in [0.29, 0.717) is 19.0 Å². The van der Waals surface area contributed by atoms with E-state index in [4.69, 9.17) is 0 Å². The van der Waals surface area contributed by atoms with Gasteiger partial charge in [-0.15, -0.1) is 0 Å². The fourth-order valence-electron chi connectivity index (χ4n) is 2.40. The minimum atomic E-state index is 0.0234. The summed E-state index contributed by atoms with van der Waals surface area (Å²) in [6.45, 7) is 0.675. The lowest BCUT2D eigenvalue weighted by Crippen LogP contribution is -2.26. The van der Waals surface area contributed by atoms with E-state index in [1.165, 1.54) is 0 Å². The SMILES string of the molecule is O=C(CCn1ccc2cccc(CO)c21)NC1CC1. The molecule has 1 saturated carbocycles. The predicted molar refractivity (Wildman–Crippen MR) is 73.6 cm³/mol. The first-order chi connectivity index (χ1) is 9.28. The Morgan fingerprint density at radius 2 is 2.21 bits per heavy atom. The normalized spacial score (nSPS) is 14.8. The van der Waals surface area contributed by atoms with Crippen LogP contribution in [0.1, 0.15) is 24.8 Å². The highest BCUT2D eigenvalue weighted by Crippen LogP contribution is 2.21. The molecular weight excluding hydrogens is 240 g/mol. The minimum absolute atomic E-state index is 0.0234. The monoisotopic (exact) mass is 258 g/mol. The van der Waals surface area contributed by atoms with E-state index in [9.17, 15) is 9.90 Å². The van der Waals surface area contributed by atoms with Crippen molar-refractivity contribution in [2.24, 2.45) is 0 Å². The van der Waals surface area contributed by atoms with Crippen molar-refractivity contribution in [1.82, 2.24) is 9.88 Å². The summed E-state index contributed by atoms with van der Waals surface area (Å²) in [5.74, 6) is 0.117. The van der Waals surface area contributed by atoms with Crippen molar-refractivity contribution in [2.45, 2.75) is 38.5 Å². The Hall–Kier alpha value is -1.81. The molecule has 0 atom stereocenters. The van der Waals surface area contributed by atoms with Gasteiger partial charge in [0.25, 0.3) is 0 Å². The van der Waals surface area contributed by atoms with Crippen LogP contribution in [0, 0.1) is 0 Å². The van der Waals surface area contributed by atoms with E-state index in [1.807, 2.05) is 35.0 Å². The summed E-state index contributed by atoms with van der Waals surface area (Å²) < 4.78 is 2.05. The Morgan fingerprint density at radius 1 is 1.37 bits per heavy atom. The molecule has 0 bridgehead atoms. The minimum Gasteiger partial charge on any atom is -0.392 e. The molecule has 1 aromatic heterocycles. The van der Waals surface area contributed by atoms with Crippen molar-refractivity contribution in [3.05, 3.63) is 36.0 Å². The van der Waals surface area contributed by atoms with Crippen LogP contribution in [0.5, 0.6) is 0 Å². The van der Waals surface area contributed by atoms with Crippen molar-refractivity contribution >= 4 is 16.8 Å². The molecule has 2 N–H and O–H groups in total. The Bertz CT molecular complexity index is 599. The first-order valence-corrected chi connectivity index (χ1v) is 6.75. The number of fused-ring (bicyclic) bond motifs is 1. The van der Waals surface area contributed by atoms with Gasteiger partial charge in [0.1, 0.15) is 0 Å². The number of nitrogens with one attached hydrogen (secondary N) is 1. The highest BCUT2D eigenvalue weighted by Gasteiger charge is 2.22. The van der Waals surface area contributed by atoms with Gasteiger partial charge in [0, 0.05) is 30.8 Å². The van der Waals surface area contributed by atoms with Gasteiger partial charge < -0.3 is 15.0 Å². The van der Waals surface area contributed by atoms with Crippen LogP contribution >= 0.6 is 0 Å². The van der Waals surface area contributed by atoms with Crippen molar-refractivity contribution in [3.63, 3.8) is 0 Å². The summed E-state index contributed by atoms with van der Waals surface area (Å²) >= 11 is 0. The summed E-state index contributed by atoms with van der Waals surface area (Å²) in [5, 5.41) is 13.5. The molecule has 0 aliphatic heterocycles. The molecule has 1 aromatic carbocycles. The molecule has 19 heavy (non-hydrogen) atoms. The number of para-hydroxylation sites is 1. The molecule has 1 aliphatic rings. The average molecular weight is 258 g/mol. The molecular formula is C15H18N2O2. The van der Waals surface area contributed by atoms with Crippen LogP contribution in [0.3, 0.4) is 0 Å². The molecule has 1 amide bonds. The summed E-state index contributed by atoms with van der Waals surface area (Å²) in [5.41, 5.74) is 1.94. The molecule has 0 radical (unpaired) electrons. The van der Waals surface area contributed by atoms with Gasteiger partial charge in [-0.25, -0.2) is 0 Å². The fraction of sp³-hybridized carbons (Fsp3) is 0.400. The smallest absolute Gasteiger partial charge is 0.222 e. The van der Waals surface area contributed by atoms with Crippen molar-refractivity contribution in [1.29, 1.82) is 0 Å². The number of carbonyl (C=O) groups is 1. The average Bonchev–Trinajstić information content (AvgIpc) is 3.13. The molecule has 1 aliphatic carbocycles. The van der Waals surface area contributed by atoms with Gasteiger partial charge in [-0.2, -0.15) is 0 Å². The number of aliphatic hydroxyl groups excluding tert-OH is 1. The maximum Gasteiger partial charge on any atom is 0.222 e. The molecule has 1 fully saturated rings. The van der Waals surface area contributed by atoms with Gasteiger partial charge in [-0.05, 0) is 24.3 Å². The second-order valence-electron chi connectivity index (χ2n) is 5.11. The van der Waals surface area contributed by atoms with Gasteiger partial charge >= 0.3 is 0 Å². The molecule has 1 heterocycles. The zero-order valence-electron chi connectivity index (χ0n) is 10.8.